The Kier molecular flexibility index (Phi) is 8.63. The van der Waals surface area contributed by atoms with Crippen LogP contribution in [0.25, 0.3) is 0 Å². The van der Waals surface area contributed by atoms with E-state index in [0.29, 0.717) is 32.1 Å². The molecule has 158 valence electrons. The molecule has 0 aliphatic heterocycles. The average molecular weight is 418 g/mol. The number of nitrogens with one attached hydrogen (secondary N) is 3. The van der Waals surface area contributed by atoms with Gasteiger partial charge in [-0.05, 0) is 57.1 Å². The van der Waals surface area contributed by atoms with Gasteiger partial charge in [-0.15, -0.1) is 11.3 Å². The number of aliphatic hydroxyl groups is 1. The molecular formula is C21H31N5O2S. The maximum atomic E-state index is 11.9. The third kappa shape index (κ3) is 7.84. The quantitative estimate of drug-likeness (QED) is 0.371. The molecule has 1 unspecified atom stereocenters. The Morgan fingerprint density at radius 2 is 2.03 bits per heavy atom. The number of aliphatic imine (C=N–C) groups is 1. The lowest BCUT2D eigenvalue weighted by Crippen LogP contribution is -2.44. The molecule has 4 N–H and O–H groups in total. The lowest BCUT2D eigenvalue weighted by molar-refractivity contribution is -0.116. The molecular weight excluding hydrogens is 386 g/mol. The van der Waals surface area contributed by atoms with Crippen LogP contribution in [0.5, 0.6) is 0 Å². The number of carbonyl (C=O) groups excluding carboxylic acids is 1. The first kappa shape index (κ1) is 22.9. The lowest BCUT2D eigenvalue weighted by Gasteiger charge is -2.23. The van der Waals surface area contributed by atoms with Crippen molar-refractivity contribution in [3.05, 3.63) is 52.2 Å². The molecule has 1 amide bonds. The van der Waals surface area contributed by atoms with Crippen molar-refractivity contribution in [2.75, 3.05) is 39.0 Å². The molecule has 0 fully saturated rings. The fourth-order valence-electron chi connectivity index (χ4n) is 2.68. The molecule has 0 radical (unpaired) electrons. The minimum atomic E-state index is -0.971. The van der Waals surface area contributed by atoms with E-state index >= 15 is 0 Å². The second kappa shape index (κ2) is 10.9. The topological polar surface area (TPSA) is 89.0 Å². The van der Waals surface area contributed by atoms with Gasteiger partial charge in [0.1, 0.15) is 5.60 Å². The SMILES string of the molecule is CCNC(=NCc1cccc(NC(=O)CN(C)C)c1)NCC(C)(O)c1cccs1. The van der Waals surface area contributed by atoms with Crippen LogP contribution >= 0.6 is 11.3 Å². The van der Waals surface area contributed by atoms with E-state index in [4.69, 9.17) is 0 Å². The van der Waals surface area contributed by atoms with Crippen LogP contribution in [0, 0.1) is 0 Å². The van der Waals surface area contributed by atoms with Crippen LogP contribution in [-0.2, 0) is 16.9 Å². The highest BCUT2D eigenvalue weighted by Crippen LogP contribution is 2.24. The van der Waals surface area contributed by atoms with Crippen LogP contribution in [0.4, 0.5) is 5.69 Å². The summed E-state index contributed by atoms with van der Waals surface area (Å²) < 4.78 is 0. The average Bonchev–Trinajstić information content (AvgIpc) is 3.19. The van der Waals surface area contributed by atoms with Gasteiger partial charge in [0.25, 0.3) is 0 Å². The van der Waals surface area contributed by atoms with Crippen LogP contribution in [0.3, 0.4) is 0 Å². The smallest absolute Gasteiger partial charge is 0.238 e. The van der Waals surface area contributed by atoms with Crippen molar-refractivity contribution in [1.82, 2.24) is 15.5 Å². The number of anilines is 1. The van der Waals surface area contributed by atoms with Crippen molar-refractivity contribution < 1.29 is 9.90 Å². The maximum Gasteiger partial charge on any atom is 0.238 e. The van der Waals surface area contributed by atoms with Gasteiger partial charge in [-0.25, -0.2) is 4.99 Å². The number of guanidine groups is 1. The van der Waals surface area contributed by atoms with E-state index in [2.05, 4.69) is 20.9 Å². The minimum Gasteiger partial charge on any atom is -0.383 e. The Bertz CT molecular complexity index is 803. The molecule has 1 aromatic heterocycles. The number of carbonyl (C=O) groups is 1. The molecule has 0 aliphatic carbocycles. The van der Waals surface area contributed by atoms with Crippen LogP contribution in [-0.4, -0.2) is 55.6 Å². The molecule has 1 aromatic carbocycles. The zero-order valence-corrected chi connectivity index (χ0v) is 18.3. The van der Waals surface area contributed by atoms with E-state index in [0.717, 1.165) is 16.1 Å². The summed E-state index contributed by atoms with van der Waals surface area (Å²) in [6, 6.07) is 11.5. The van der Waals surface area contributed by atoms with E-state index in [1.807, 2.05) is 67.7 Å². The van der Waals surface area contributed by atoms with Crippen molar-refractivity contribution in [3.63, 3.8) is 0 Å². The van der Waals surface area contributed by atoms with Gasteiger partial charge in [0.05, 0.1) is 19.6 Å². The summed E-state index contributed by atoms with van der Waals surface area (Å²) >= 11 is 1.53. The normalized spacial score (nSPS) is 13.8. The van der Waals surface area contributed by atoms with E-state index < -0.39 is 5.60 Å². The third-order valence-corrected chi connectivity index (χ3v) is 5.21. The fraction of sp³-hybridized carbons (Fsp3) is 0.429. The summed E-state index contributed by atoms with van der Waals surface area (Å²) in [4.78, 5) is 19.3. The molecule has 0 aliphatic rings. The lowest BCUT2D eigenvalue weighted by atomic mass is 10.1. The number of hydrogen-bond donors (Lipinski definition) is 4. The Morgan fingerprint density at radius 3 is 2.69 bits per heavy atom. The summed E-state index contributed by atoms with van der Waals surface area (Å²) in [6.45, 7) is 5.63. The summed E-state index contributed by atoms with van der Waals surface area (Å²) in [7, 11) is 3.71. The Balaban J connectivity index is 1.99. The van der Waals surface area contributed by atoms with Gasteiger partial charge in [-0.2, -0.15) is 0 Å². The number of hydrogen-bond acceptors (Lipinski definition) is 5. The summed E-state index contributed by atoms with van der Waals surface area (Å²) in [5.74, 6) is 0.577. The monoisotopic (exact) mass is 417 g/mol. The van der Waals surface area contributed by atoms with Gasteiger partial charge in [0.2, 0.25) is 5.91 Å². The molecule has 0 bridgehead atoms. The number of amides is 1. The first-order chi connectivity index (χ1) is 13.8. The largest absolute Gasteiger partial charge is 0.383 e. The molecule has 0 saturated heterocycles. The minimum absolute atomic E-state index is 0.0542. The van der Waals surface area contributed by atoms with Crippen LogP contribution < -0.4 is 16.0 Å². The fourth-order valence-corrected chi connectivity index (χ4v) is 3.46. The van der Waals surface area contributed by atoms with Gasteiger partial charge in [-0.3, -0.25) is 4.79 Å². The molecule has 0 saturated carbocycles. The van der Waals surface area contributed by atoms with E-state index in [1.165, 1.54) is 11.3 Å². The molecule has 1 atom stereocenters. The summed E-state index contributed by atoms with van der Waals surface area (Å²) in [5, 5.41) is 21.9. The van der Waals surface area contributed by atoms with Crippen molar-refractivity contribution in [2.45, 2.75) is 26.0 Å². The molecule has 8 heteroatoms. The predicted molar refractivity (Wildman–Crippen MR) is 120 cm³/mol. The van der Waals surface area contributed by atoms with Crippen LogP contribution in [0.1, 0.15) is 24.3 Å². The summed E-state index contributed by atoms with van der Waals surface area (Å²) in [5.41, 5.74) is 0.763. The second-order valence-electron chi connectivity index (χ2n) is 7.29. The van der Waals surface area contributed by atoms with E-state index in [1.54, 1.807) is 6.92 Å². The zero-order valence-electron chi connectivity index (χ0n) is 17.5. The highest BCUT2D eigenvalue weighted by atomic mass is 32.1. The first-order valence-corrected chi connectivity index (χ1v) is 10.5. The van der Waals surface area contributed by atoms with Crippen molar-refractivity contribution in [3.8, 4) is 0 Å². The van der Waals surface area contributed by atoms with Crippen LogP contribution in [0.15, 0.2) is 46.8 Å². The maximum absolute atomic E-state index is 11.9. The molecule has 7 nitrogen and oxygen atoms in total. The Labute approximate surface area is 176 Å². The number of likely N-dealkylation sites (N-methyl/N-ethyl adjacent to an activating group) is 1. The van der Waals surface area contributed by atoms with Crippen LogP contribution in [0.2, 0.25) is 0 Å². The predicted octanol–water partition coefficient (Wildman–Crippen LogP) is 2.21. The molecule has 29 heavy (non-hydrogen) atoms. The number of nitrogens with zero attached hydrogens (tertiary/aromatic N) is 2. The first-order valence-electron chi connectivity index (χ1n) is 9.62. The molecule has 0 spiro atoms. The standard InChI is InChI=1S/C21H31N5O2S/c1-5-22-20(24-15-21(2,28)18-10-7-11-29-18)23-13-16-8-6-9-17(12-16)25-19(27)14-26(3)4/h6-12,28H,5,13-15H2,1-4H3,(H,25,27)(H2,22,23,24). The van der Waals surface area contributed by atoms with E-state index in [9.17, 15) is 9.90 Å². The van der Waals surface area contributed by atoms with Gasteiger partial charge in [0, 0.05) is 17.1 Å². The van der Waals surface area contributed by atoms with Gasteiger partial charge in [0.15, 0.2) is 5.96 Å². The number of rotatable bonds is 9. The van der Waals surface area contributed by atoms with Gasteiger partial charge >= 0.3 is 0 Å². The third-order valence-electron chi connectivity index (χ3n) is 4.09. The van der Waals surface area contributed by atoms with Crippen molar-refractivity contribution in [2.24, 2.45) is 4.99 Å². The number of thiophene rings is 1. The van der Waals surface area contributed by atoms with Crippen molar-refractivity contribution in [1.29, 1.82) is 0 Å². The molecule has 2 aromatic rings. The Hall–Kier alpha value is -2.42. The van der Waals surface area contributed by atoms with Gasteiger partial charge < -0.3 is 26.0 Å². The molecule has 2 rings (SSSR count). The highest BCUT2D eigenvalue weighted by molar-refractivity contribution is 7.10. The number of benzene rings is 1. The summed E-state index contributed by atoms with van der Waals surface area (Å²) in [6.07, 6.45) is 0. The van der Waals surface area contributed by atoms with Gasteiger partial charge in [-0.1, -0.05) is 18.2 Å². The molecule has 1 heterocycles. The van der Waals surface area contributed by atoms with E-state index in [-0.39, 0.29) is 5.91 Å². The second-order valence-corrected chi connectivity index (χ2v) is 8.23. The Morgan fingerprint density at radius 1 is 1.24 bits per heavy atom. The highest BCUT2D eigenvalue weighted by Gasteiger charge is 2.24. The van der Waals surface area contributed by atoms with Crippen molar-refractivity contribution >= 4 is 28.9 Å². The zero-order chi connectivity index (χ0) is 21.3.